The molecule has 2 aromatic rings. The first-order valence-electron chi connectivity index (χ1n) is 9.55. The Kier molecular flexibility index (Phi) is 4.74. The number of imide groups is 1. The van der Waals surface area contributed by atoms with Gasteiger partial charge in [0.15, 0.2) is 0 Å². The molecule has 2 aromatic carbocycles. The highest BCUT2D eigenvalue weighted by Crippen LogP contribution is 2.50. The summed E-state index contributed by atoms with van der Waals surface area (Å²) in [4.78, 5) is 39.7. The first-order chi connectivity index (χ1) is 14.3. The summed E-state index contributed by atoms with van der Waals surface area (Å²) >= 11 is 0. The molecule has 156 valence electrons. The highest BCUT2D eigenvalue weighted by Gasteiger charge is 2.66. The molecule has 0 aliphatic carbocycles. The largest absolute Gasteiger partial charge is 0.507 e. The summed E-state index contributed by atoms with van der Waals surface area (Å²) in [6.45, 7) is 1.48. The highest BCUT2D eigenvalue weighted by molar-refractivity contribution is 6.09. The molecular weight excluding hydrogens is 388 g/mol. The Bertz CT molecular complexity index is 1020. The van der Waals surface area contributed by atoms with Crippen LogP contribution in [0.2, 0.25) is 0 Å². The lowest BCUT2D eigenvalue weighted by atomic mass is 9.80. The van der Waals surface area contributed by atoms with E-state index in [1.54, 1.807) is 24.3 Å². The number of carboxylic acids is 1. The summed E-state index contributed by atoms with van der Waals surface area (Å²) in [6, 6.07) is 12.8. The number of phenolic OH excluding ortho intramolecular Hbond substituents is 1. The fourth-order valence-corrected chi connectivity index (χ4v) is 4.50. The van der Waals surface area contributed by atoms with E-state index in [2.05, 4.69) is 5.32 Å². The van der Waals surface area contributed by atoms with Crippen molar-refractivity contribution in [2.45, 2.75) is 25.0 Å². The molecule has 2 saturated heterocycles. The lowest BCUT2D eigenvalue weighted by molar-refractivity contribution is -0.150. The lowest BCUT2D eigenvalue weighted by Crippen LogP contribution is -2.53. The maximum absolute atomic E-state index is 13.3. The standard InChI is InChI=1S/C22H22N2O6/c1-22(21(28)29)17-16(18(23-22)14-9-8-13(30-2)10-15(14)25)19(26)24(20(17)27)11-12-6-4-3-5-7-12/h3-10,16-18,23,25H,11H2,1-2H3,(H,28,29). The van der Waals surface area contributed by atoms with Crippen LogP contribution in [0.1, 0.15) is 24.1 Å². The molecule has 8 heteroatoms. The summed E-state index contributed by atoms with van der Waals surface area (Å²) < 4.78 is 5.10. The van der Waals surface area contributed by atoms with Gasteiger partial charge in [-0.1, -0.05) is 36.4 Å². The molecule has 0 radical (unpaired) electrons. The van der Waals surface area contributed by atoms with Gasteiger partial charge < -0.3 is 14.9 Å². The van der Waals surface area contributed by atoms with E-state index in [9.17, 15) is 24.6 Å². The number of benzene rings is 2. The van der Waals surface area contributed by atoms with E-state index < -0.39 is 41.2 Å². The van der Waals surface area contributed by atoms with Gasteiger partial charge in [0, 0.05) is 17.7 Å². The van der Waals surface area contributed by atoms with Crippen molar-refractivity contribution in [1.82, 2.24) is 10.2 Å². The molecule has 4 atom stereocenters. The Labute approximate surface area is 173 Å². The molecule has 0 saturated carbocycles. The van der Waals surface area contributed by atoms with Crippen molar-refractivity contribution in [3.8, 4) is 11.5 Å². The van der Waals surface area contributed by atoms with Gasteiger partial charge in [-0.3, -0.25) is 24.6 Å². The number of carbonyl (C=O) groups is 3. The quantitative estimate of drug-likeness (QED) is 0.643. The predicted molar refractivity (Wildman–Crippen MR) is 106 cm³/mol. The maximum Gasteiger partial charge on any atom is 0.324 e. The van der Waals surface area contributed by atoms with Crippen LogP contribution in [0.3, 0.4) is 0 Å². The van der Waals surface area contributed by atoms with Gasteiger partial charge in [-0.2, -0.15) is 0 Å². The van der Waals surface area contributed by atoms with Crippen molar-refractivity contribution in [3.63, 3.8) is 0 Å². The van der Waals surface area contributed by atoms with E-state index in [-0.39, 0.29) is 12.3 Å². The molecule has 2 fully saturated rings. The van der Waals surface area contributed by atoms with Gasteiger partial charge in [-0.25, -0.2) is 0 Å². The number of carboxylic acid groups (broad SMARTS) is 1. The molecule has 4 unspecified atom stereocenters. The van der Waals surface area contributed by atoms with Crippen LogP contribution >= 0.6 is 0 Å². The molecule has 0 bridgehead atoms. The predicted octanol–water partition coefficient (Wildman–Crippen LogP) is 1.69. The number of hydrogen-bond acceptors (Lipinski definition) is 6. The van der Waals surface area contributed by atoms with Crippen molar-refractivity contribution < 1.29 is 29.3 Å². The second-order valence-corrected chi connectivity index (χ2v) is 7.81. The fourth-order valence-electron chi connectivity index (χ4n) is 4.50. The first kappa shape index (κ1) is 19.9. The van der Waals surface area contributed by atoms with Gasteiger partial charge in [0.05, 0.1) is 25.5 Å². The van der Waals surface area contributed by atoms with E-state index in [0.29, 0.717) is 11.3 Å². The second-order valence-electron chi connectivity index (χ2n) is 7.81. The van der Waals surface area contributed by atoms with Crippen LogP contribution in [-0.4, -0.2) is 45.5 Å². The summed E-state index contributed by atoms with van der Waals surface area (Å²) in [5.41, 5.74) is -0.536. The highest BCUT2D eigenvalue weighted by atomic mass is 16.5. The molecular formula is C22H22N2O6. The molecule has 30 heavy (non-hydrogen) atoms. The normalized spacial score (nSPS) is 27.9. The Morgan fingerprint density at radius 3 is 2.47 bits per heavy atom. The van der Waals surface area contributed by atoms with E-state index in [1.165, 1.54) is 20.1 Å². The summed E-state index contributed by atoms with van der Waals surface area (Å²) in [7, 11) is 1.46. The van der Waals surface area contributed by atoms with Crippen molar-refractivity contribution in [1.29, 1.82) is 0 Å². The van der Waals surface area contributed by atoms with Gasteiger partial charge in [0.1, 0.15) is 17.0 Å². The van der Waals surface area contributed by atoms with Crippen molar-refractivity contribution in [2.75, 3.05) is 7.11 Å². The maximum atomic E-state index is 13.3. The van der Waals surface area contributed by atoms with Crippen LogP contribution in [0.15, 0.2) is 48.5 Å². The SMILES string of the molecule is COc1ccc(C2NC(C)(C(=O)O)C3C(=O)N(Cc4ccccc4)C(=O)C23)c(O)c1. The molecule has 2 aliphatic heterocycles. The topological polar surface area (TPSA) is 116 Å². The Balaban J connectivity index is 1.76. The Hall–Kier alpha value is -3.39. The minimum absolute atomic E-state index is 0.0719. The average Bonchev–Trinajstić information content (AvgIpc) is 3.18. The lowest BCUT2D eigenvalue weighted by Gasteiger charge is -2.27. The number of rotatable bonds is 5. The zero-order valence-corrected chi connectivity index (χ0v) is 16.5. The zero-order valence-electron chi connectivity index (χ0n) is 16.5. The third-order valence-corrected chi connectivity index (χ3v) is 6.08. The van der Waals surface area contributed by atoms with Crippen LogP contribution < -0.4 is 10.1 Å². The number of phenols is 1. The van der Waals surface area contributed by atoms with Crippen molar-refractivity contribution >= 4 is 17.8 Å². The van der Waals surface area contributed by atoms with Gasteiger partial charge in [-0.15, -0.1) is 0 Å². The molecule has 0 spiro atoms. The Morgan fingerprint density at radius 2 is 1.87 bits per heavy atom. The Morgan fingerprint density at radius 1 is 1.17 bits per heavy atom. The third kappa shape index (κ3) is 2.91. The van der Waals surface area contributed by atoms with Gasteiger partial charge >= 0.3 is 5.97 Å². The van der Waals surface area contributed by atoms with Crippen LogP contribution in [0.25, 0.3) is 0 Å². The number of ether oxygens (including phenoxy) is 1. The van der Waals surface area contributed by atoms with Crippen molar-refractivity contribution in [3.05, 3.63) is 59.7 Å². The number of aliphatic carboxylic acids is 1. The van der Waals surface area contributed by atoms with Crippen LogP contribution in [0, 0.1) is 11.8 Å². The number of fused-ring (bicyclic) bond motifs is 1. The average molecular weight is 410 g/mol. The molecule has 2 amide bonds. The summed E-state index contributed by atoms with van der Waals surface area (Å²) in [5.74, 6) is -3.95. The molecule has 0 aromatic heterocycles. The fraction of sp³-hybridized carbons (Fsp3) is 0.318. The molecule has 4 rings (SSSR count). The number of nitrogens with zero attached hydrogens (tertiary/aromatic N) is 1. The first-order valence-corrected chi connectivity index (χ1v) is 9.55. The van der Waals surface area contributed by atoms with Gasteiger partial charge in [-0.05, 0) is 18.6 Å². The van der Waals surface area contributed by atoms with E-state index >= 15 is 0 Å². The molecule has 2 aliphatic rings. The third-order valence-electron chi connectivity index (χ3n) is 6.08. The minimum atomic E-state index is -1.65. The van der Waals surface area contributed by atoms with Gasteiger partial charge in [0.2, 0.25) is 11.8 Å². The number of carbonyl (C=O) groups excluding carboxylic acids is 2. The zero-order chi connectivity index (χ0) is 21.6. The second kappa shape index (κ2) is 7.14. The molecule has 2 heterocycles. The summed E-state index contributed by atoms with van der Waals surface area (Å²) in [5, 5.41) is 23.3. The van der Waals surface area contributed by atoms with E-state index in [1.807, 2.05) is 18.2 Å². The van der Waals surface area contributed by atoms with E-state index in [4.69, 9.17) is 4.74 Å². The smallest absolute Gasteiger partial charge is 0.324 e. The van der Waals surface area contributed by atoms with Crippen LogP contribution in [-0.2, 0) is 20.9 Å². The summed E-state index contributed by atoms with van der Waals surface area (Å²) in [6.07, 6.45) is 0. The monoisotopic (exact) mass is 410 g/mol. The number of hydrogen-bond donors (Lipinski definition) is 3. The molecule has 3 N–H and O–H groups in total. The number of nitrogens with one attached hydrogen (secondary N) is 1. The van der Waals surface area contributed by atoms with Crippen molar-refractivity contribution in [2.24, 2.45) is 11.8 Å². The van der Waals surface area contributed by atoms with Gasteiger partial charge in [0.25, 0.3) is 0 Å². The van der Waals surface area contributed by atoms with Crippen LogP contribution in [0.5, 0.6) is 11.5 Å². The number of likely N-dealkylation sites (tertiary alicyclic amines) is 1. The number of aromatic hydroxyl groups is 1. The minimum Gasteiger partial charge on any atom is -0.507 e. The van der Waals surface area contributed by atoms with Crippen LogP contribution in [0.4, 0.5) is 0 Å². The van der Waals surface area contributed by atoms with E-state index in [0.717, 1.165) is 10.5 Å². The number of methoxy groups -OCH3 is 1. The number of amides is 2. The molecule has 8 nitrogen and oxygen atoms in total.